The molecule has 0 atom stereocenters. The van der Waals surface area contributed by atoms with Crippen molar-refractivity contribution in [1.29, 1.82) is 0 Å². The number of aromatic nitrogens is 2. The first-order valence-electron chi connectivity index (χ1n) is 7.26. The van der Waals surface area contributed by atoms with Gasteiger partial charge < -0.3 is 15.6 Å². The molecule has 0 bridgehead atoms. The van der Waals surface area contributed by atoms with Gasteiger partial charge in [-0.05, 0) is 37.0 Å². The second-order valence-corrected chi connectivity index (χ2v) is 5.88. The minimum absolute atomic E-state index is 0.00280. The van der Waals surface area contributed by atoms with Crippen LogP contribution in [0.2, 0.25) is 0 Å². The summed E-state index contributed by atoms with van der Waals surface area (Å²) in [5, 5.41) is 2.94. The van der Waals surface area contributed by atoms with Crippen LogP contribution in [0.3, 0.4) is 0 Å². The van der Waals surface area contributed by atoms with Gasteiger partial charge in [0.25, 0.3) is 0 Å². The zero-order valence-corrected chi connectivity index (χ0v) is 12.0. The van der Waals surface area contributed by atoms with Gasteiger partial charge in [0.15, 0.2) is 0 Å². The number of benzene rings is 1. The van der Waals surface area contributed by atoms with Crippen LogP contribution in [0.1, 0.15) is 31.2 Å². The fraction of sp³-hybridized carbons (Fsp3) is 0.375. The van der Waals surface area contributed by atoms with Crippen LogP contribution in [0.25, 0.3) is 0 Å². The monoisotopic (exact) mass is 284 g/mol. The maximum absolute atomic E-state index is 12.0. The van der Waals surface area contributed by atoms with E-state index in [2.05, 4.69) is 10.3 Å². The van der Waals surface area contributed by atoms with Crippen molar-refractivity contribution in [3.63, 3.8) is 0 Å². The summed E-state index contributed by atoms with van der Waals surface area (Å²) in [5.74, 6) is -0.00280. The Labute approximate surface area is 124 Å². The number of rotatable bonds is 5. The van der Waals surface area contributed by atoms with Crippen molar-refractivity contribution >= 4 is 11.6 Å². The molecule has 0 spiro atoms. The Bertz CT molecular complexity index is 617. The lowest BCUT2D eigenvalue weighted by atomic mass is 9.75. The molecule has 2 aromatic rings. The van der Waals surface area contributed by atoms with Crippen molar-refractivity contribution < 1.29 is 4.79 Å². The average Bonchev–Trinajstić information content (AvgIpc) is 2.90. The number of anilines is 1. The number of hydrogen-bond donors (Lipinski definition) is 2. The number of nitrogens with two attached hydrogens (primary N) is 1. The van der Waals surface area contributed by atoms with E-state index >= 15 is 0 Å². The second-order valence-electron chi connectivity index (χ2n) is 5.88. The molecule has 3 N–H and O–H groups in total. The Morgan fingerprint density at radius 2 is 2.29 bits per heavy atom. The topological polar surface area (TPSA) is 72.9 Å². The van der Waals surface area contributed by atoms with E-state index in [0.29, 0.717) is 6.42 Å². The number of carbonyl (C=O) groups excluding carboxylic acids is 1. The predicted octanol–water partition coefficient (Wildman–Crippen LogP) is 2.14. The van der Waals surface area contributed by atoms with E-state index < -0.39 is 0 Å². The molecule has 21 heavy (non-hydrogen) atoms. The van der Waals surface area contributed by atoms with E-state index in [1.165, 1.54) is 0 Å². The summed E-state index contributed by atoms with van der Waals surface area (Å²) in [6.07, 6.45) is 8.87. The number of nitrogens with zero attached hydrogens (tertiary/aromatic N) is 2. The van der Waals surface area contributed by atoms with Gasteiger partial charge in [-0.2, -0.15) is 0 Å². The normalized spacial score (nSPS) is 16.2. The number of amides is 1. The number of imidazole rings is 1. The average molecular weight is 284 g/mol. The van der Waals surface area contributed by atoms with Crippen LogP contribution in [-0.2, 0) is 11.3 Å². The number of hydrogen-bond acceptors (Lipinski definition) is 3. The van der Waals surface area contributed by atoms with Crippen LogP contribution in [0.4, 0.5) is 5.69 Å². The van der Waals surface area contributed by atoms with Crippen molar-refractivity contribution in [3.8, 4) is 0 Å². The third-order valence-electron chi connectivity index (χ3n) is 4.00. The third kappa shape index (κ3) is 3.49. The zero-order chi connectivity index (χ0) is 14.7. The Morgan fingerprint density at radius 1 is 1.43 bits per heavy atom. The molecule has 0 aliphatic heterocycles. The van der Waals surface area contributed by atoms with E-state index in [1.807, 2.05) is 35.0 Å². The van der Waals surface area contributed by atoms with E-state index in [0.717, 1.165) is 37.1 Å². The highest BCUT2D eigenvalue weighted by molar-refractivity contribution is 5.91. The van der Waals surface area contributed by atoms with Crippen LogP contribution in [0.15, 0.2) is 43.0 Å². The van der Waals surface area contributed by atoms with Crippen LogP contribution >= 0.6 is 0 Å². The first-order valence-corrected chi connectivity index (χ1v) is 7.26. The van der Waals surface area contributed by atoms with Gasteiger partial charge in [0.2, 0.25) is 5.91 Å². The predicted molar refractivity (Wildman–Crippen MR) is 81.8 cm³/mol. The summed E-state index contributed by atoms with van der Waals surface area (Å²) in [7, 11) is 0. The molecule has 3 rings (SSSR count). The van der Waals surface area contributed by atoms with Gasteiger partial charge in [0.1, 0.15) is 0 Å². The summed E-state index contributed by atoms with van der Waals surface area (Å²) in [6, 6.07) is 7.87. The molecule has 5 nitrogen and oxygen atoms in total. The van der Waals surface area contributed by atoms with Crippen molar-refractivity contribution in [3.05, 3.63) is 48.5 Å². The summed E-state index contributed by atoms with van der Waals surface area (Å²) >= 11 is 0. The molecular weight excluding hydrogens is 264 g/mol. The molecule has 1 fully saturated rings. The summed E-state index contributed by atoms with van der Waals surface area (Å²) in [5.41, 5.74) is 7.77. The lowest BCUT2D eigenvalue weighted by Crippen LogP contribution is -2.48. The molecule has 1 heterocycles. The highest BCUT2D eigenvalue weighted by Crippen LogP contribution is 2.32. The molecule has 1 aromatic carbocycles. The fourth-order valence-electron chi connectivity index (χ4n) is 2.67. The van der Waals surface area contributed by atoms with Gasteiger partial charge in [-0.25, -0.2) is 4.98 Å². The van der Waals surface area contributed by atoms with Crippen molar-refractivity contribution in [1.82, 2.24) is 9.55 Å². The van der Waals surface area contributed by atoms with Crippen molar-refractivity contribution in [2.75, 3.05) is 5.32 Å². The molecule has 1 saturated carbocycles. The van der Waals surface area contributed by atoms with Gasteiger partial charge in [0.05, 0.1) is 6.33 Å². The maximum Gasteiger partial charge on any atom is 0.226 e. The fourth-order valence-corrected chi connectivity index (χ4v) is 2.67. The minimum atomic E-state index is -0.279. The highest BCUT2D eigenvalue weighted by Gasteiger charge is 2.34. The molecular formula is C16H20N4O. The molecule has 110 valence electrons. The van der Waals surface area contributed by atoms with Crippen LogP contribution in [-0.4, -0.2) is 21.0 Å². The number of carbonyl (C=O) groups is 1. The molecule has 1 aliphatic carbocycles. The molecule has 1 amide bonds. The third-order valence-corrected chi connectivity index (χ3v) is 4.00. The second kappa shape index (κ2) is 5.69. The summed E-state index contributed by atoms with van der Waals surface area (Å²) < 4.78 is 1.99. The smallest absolute Gasteiger partial charge is 0.226 e. The van der Waals surface area contributed by atoms with Crippen molar-refractivity contribution in [2.24, 2.45) is 5.73 Å². The number of nitrogens with one attached hydrogen (secondary N) is 1. The Balaban J connectivity index is 1.61. The van der Waals surface area contributed by atoms with Gasteiger partial charge in [-0.1, -0.05) is 12.1 Å². The van der Waals surface area contributed by atoms with Crippen LogP contribution in [0.5, 0.6) is 0 Å². The molecule has 5 heteroatoms. The first kappa shape index (κ1) is 13.8. The van der Waals surface area contributed by atoms with E-state index in [4.69, 9.17) is 5.73 Å². The molecule has 0 saturated heterocycles. The van der Waals surface area contributed by atoms with Crippen molar-refractivity contribution in [2.45, 2.75) is 37.8 Å². The first-order chi connectivity index (χ1) is 10.1. The SMILES string of the molecule is NC1(CC(=O)Nc2cccc(Cn3ccnc3)c2)CCC1. The standard InChI is InChI=1S/C16H20N4O/c17-16(5-2-6-16)10-15(21)19-14-4-1-3-13(9-14)11-20-8-7-18-12-20/h1,3-4,7-9,12H,2,5-6,10-11,17H2,(H,19,21). The molecule has 1 aliphatic rings. The molecule has 1 aromatic heterocycles. The largest absolute Gasteiger partial charge is 0.333 e. The lowest BCUT2D eigenvalue weighted by molar-refractivity contribution is -0.118. The van der Waals surface area contributed by atoms with Crippen LogP contribution < -0.4 is 11.1 Å². The maximum atomic E-state index is 12.0. The quantitative estimate of drug-likeness (QED) is 0.883. The van der Waals surface area contributed by atoms with Gasteiger partial charge in [-0.15, -0.1) is 0 Å². The lowest BCUT2D eigenvalue weighted by Gasteiger charge is -2.37. The summed E-state index contributed by atoms with van der Waals surface area (Å²) in [4.78, 5) is 16.1. The Kier molecular flexibility index (Phi) is 3.75. The van der Waals surface area contributed by atoms with E-state index in [-0.39, 0.29) is 11.4 Å². The Hall–Kier alpha value is -2.14. The van der Waals surface area contributed by atoms with Gasteiger partial charge in [0, 0.05) is 36.6 Å². The zero-order valence-electron chi connectivity index (χ0n) is 12.0. The highest BCUT2D eigenvalue weighted by atomic mass is 16.1. The van der Waals surface area contributed by atoms with E-state index in [1.54, 1.807) is 12.5 Å². The van der Waals surface area contributed by atoms with Gasteiger partial charge in [-0.3, -0.25) is 4.79 Å². The molecule has 0 unspecified atom stereocenters. The van der Waals surface area contributed by atoms with Gasteiger partial charge >= 0.3 is 0 Å². The Morgan fingerprint density at radius 3 is 2.95 bits per heavy atom. The molecule has 0 radical (unpaired) electrons. The minimum Gasteiger partial charge on any atom is -0.333 e. The van der Waals surface area contributed by atoms with E-state index in [9.17, 15) is 4.79 Å². The summed E-state index contributed by atoms with van der Waals surface area (Å²) in [6.45, 7) is 0.741. The van der Waals surface area contributed by atoms with Crippen LogP contribution in [0, 0.1) is 0 Å².